The van der Waals surface area contributed by atoms with Crippen molar-refractivity contribution < 1.29 is 14.1 Å². The lowest BCUT2D eigenvalue weighted by molar-refractivity contribution is 0.205. The number of amides is 2. The fourth-order valence-electron chi connectivity index (χ4n) is 2.40. The van der Waals surface area contributed by atoms with Gasteiger partial charge in [-0.1, -0.05) is 18.1 Å². The molecule has 0 radical (unpaired) electrons. The van der Waals surface area contributed by atoms with Crippen LogP contribution in [-0.2, 0) is 13.0 Å². The Bertz CT molecular complexity index is 709. The number of hydrogen-bond donors (Lipinski definition) is 1. The van der Waals surface area contributed by atoms with Gasteiger partial charge in [0.25, 0.3) is 5.89 Å². The van der Waals surface area contributed by atoms with E-state index in [1.165, 1.54) is 0 Å². The molecule has 0 saturated heterocycles. The molecule has 0 saturated carbocycles. The number of aromatic nitrogens is 2. The number of rotatable bonds is 8. The predicted molar refractivity (Wildman–Crippen MR) is 99.2 cm³/mol. The van der Waals surface area contributed by atoms with Crippen LogP contribution in [0.25, 0.3) is 0 Å². The molecule has 1 aromatic carbocycles. The van der Waals surface area contributed by atoms with Crippen LogP contribution in [0.1, 0.15) is 43.1 Å². The number of carbonyl (C=O) groups excluding carboxylic acids is 1. The third-order valence-electron chi connectivity index (χ3n) is 4.07. The van der Waals surface area contributed by atoms with Crippen molar-refractivity contribution in [3.8, 4) is 5.75 Å². The van der Waals surface area contributed by atoms with Crippen LogP contribution < -0.4 is 10.1 Å². The molecule has 2 rings (SSSR count). The summed E-state index contributed by atoms with van der Waals surface area (Å²) >= 11 is 0. The summed E-state index contributed by atoms with van der Waals surface area (Å²) in [6, 6.07) is 6.08. The fraction of sp³-hybridized carbons (Fsp3) is 0.526. The molecule has 7 heteroatoms. The standard InChI is InChI=1S/C19H28N4O3/c1-6-15(4)20-19(24)23(5)8-7-17-21-18(26-22-17)12-25-16-10-13(2)9-14(3)11-16/h9-11,15H,6-8,12H2,1-5H3,(H,20,24)/t15-/m0/s1. The van der Waals surface area contributed by atoms with Gasteiger partial charge in [-0.05, 0) is 50.5 Å². The molecule has 1 N–H and O–H groups in total. The Hall–Kier alpha value is -2.57. The highest BCUT2D eigenvalue weighted by Gasteiger charge is 2.13. The lowest BCUT2D eigenvalue weighted by Gasteiger charge is -2.20. The molecule has 0 aliphatic carbocycles. The SMILES string of the molecule is CC[C@H](C)NC(=O)N(C)CCc1noc(COc2cc(C)cc(C)c2)n1. The van der Waals surface area contributed by atoms with Gasteiger partial charge < -0.3 is 19.5 Å². The summed E-state index contributed by atoms with van der Waals surface area (Å²) < 4.78 is 10.9. The van der Waals surface area contributed by atoms with Gasteiger partial charge >= 0.3 is 6.03 Å². The van der Waals surface area contributed by atoms with E-state index in [4.69, 9.17) is 9.26 Å². The van der Waals surface area contributed by atoms with Crippen molar-refractivity contribution in [3.63, 3.8) is 0 Å². The topological polar surface area (TPSA) is 80.5 Å². The normalized spacial score (nSPS) is 11.9. The van der Waals surface area contributed by atoms with E-state index in [1.54, 1.807) is 11.9 Å². The van der Waals surface area contributed by atoms with E-state index >= 15 is 0 Å². The summed E-state index contributed by atoms with van der Waals surface area (Å²) in [5.74, 6) is 1.77. The molecule has 0 unspecified atom stereocenters. The van der Waals surface area contributed by atoms with Gasteiger partial charge in [-0.25, -0.2) is 4.79 Å². The molecule has 1 heterocycles. The van der Waals surface area contributed by atoms with Crippen LogP contribution in [0.2, 0.25) is 0 Å². The summed E-state index contributed by atoms with van der Waals surface area (Å²) in [5, 5.41) is 6.87. The molecule has 0 aliphatic rings. The molecule has 2 aromatic rings. The monoisotopic (exact) mass is 360 g/mol. The number of aryl methyl sites for hydroxylation is 2. The molecule has 1 aromatic heterocycles. The van der Waals surface area contributed by atoms with Gasteiger partial charge in [0, 0.05) is 26.1 Å². The van der Waals surface area contributed by atoms with Crippen molar-refractivity contribution in [2.75, 3.05) is 13.6 Å². The number of benzene rings is 1. The van der Waals surface area contributed by atoms with E-state index in [-0.39, 0.29) is 18.7 Å². The van der Waals surface area contributed by atoms with Crippen molar-refractivity contribution >= 4 is 6.03 Å². The van der Waals surface area contributed by atoms with E-state index in [2.05, 4.69) is 21.5 Å². The maximum absolute atomic E-state index is 12.0. The van der Waals surface area contributed by atoms with Gasteiger partial charge in [-0.3, -0.25) is 0 Å². The minimum atomic E-state index is -0.0961. The Balaban J connectivity index is 1.81. The zero-order valence-electron chi connectivity index (χ0n) is 16.2. The summed E-state index contributed by atoms with van der Waals surface area (Å²) in [4.78, 5) is 17.9. The second kappa shape index (κ2) is 9.22. The van der Waals surface area contributed by atoms with Crippen LogP contribution in [-0.4, -0.2) is 40.7 Å². The molecule has 0 bridgehead atoms. The number of nitrogens with one attached hydrogen (secondary N) is 1. The first-order valence-corrected chi connectivity index (χ1v) is 8.91. The maximum atomic E-state index is 12.0. The average Bonchev–Trinajstić information content (AvgIpc) is 3.04. The number of nitrogens with zero attached hydrogens (tertiary/aromatic N) is 3. The fourth-order valence-corrected chi connectivity index (χ4v) is 2.40. The highest BCUT2D eigenvalue weighted by atomic mass is 16.5. The van der Waals surface area contributed by atoms with Gasteiger partial charge in [0.1, 0.15) is 5.75 Å². The van der Waals surface area contributed by atoms with E-state index in [9.17, 15) is 4.79 Å². The molecule has 142 valence electrons. The largest absolute Gasteiger partial charge is 0.484 e. The third kappa shape index (κ3) is 6.06. The van der Waals surface area contributed by atoms with Crippen molar-refractivity contribution in [2.45, 2.75) is 53.2 Å². The van der Waals surface area contributed by atoms with Gasteiger partial charge in [0.2, 0.25) is 0 Å². The Morgan fingerprint density at radius 2 is 2.00 bits per heavy atom. The lowest BCUT2D eigenvalue weighted by atomic mass is 10.1. The number of ether oxygens (including phenoxy) is 1. The van der Waals surface area contributed by atoms with Gasteiger partial charge in [0.05, 0.1) is 0 Å². The number of carbonyl (C=O) groups is 1. The van der Waals surface area contributed by atoms with E-state index < -0.39 is 0 Å². The maximum Gasteiger partial charge on any atom is 0.317 e. The molecule has 0 aliphatic heterocycles. The van der Waals surface area contributed by atoms with Crippen LogP contribution in [0.15, 0.2) is 22.7 Å². The molecule has 7 nitrogen and oxygen atoms in total. The number of likely N-dealkylation sites (N-methyl/N-ethyl adjacent to an activating group) is 1. The third-order valence-corrected chi connectivity index (χ3v) is 4.07. The molecular formula is C19H28N4O3. The quantitative estimate of drug-likeness (QED) is 0.781. The summed E-state index contributed by atoms with van der Waals surface area (Å²) in [6.07, 6.45) is 1.42. The van der Waals surface area contributed by atoms with Gasteiger partial charge in [-0.15, -0.1) is 0 Å². The highest BCUT2D eigenvalue weighted by Crippen LogP contribution is 2.17. The molecule has 0 spiro atoms. The van der Waals surface area contributed by atoms with Crippen LogP contribution in [0, 0.1) is 13.8 Å². The summed E-state index contributed by atoms with van der Waals surface area (Å²) in [6.45, 7) is 8.80. The Kier molecular flexibility index (Phi) is 7.00. The highest BCUT2D eigenvalue weighted by molar-refractivity contribution is 5.74. The lowest BCUT2D eigenvalue weighted by Crippen LogP contribution is -2.42. The van der Waals surface area contributed by atoms with Crippen LogP contribution in [0.3, 0.4) is 0 Å². The minimum Gasteiger partial charge on any atom is -0.484 e. The zero-order chi connectivity index (χ0) is 19.1. The van der Waals surface area contributed by atoms with Crippen molar-refractivity contribution in [1.82, 2.24) is 20.4 Å². The smallest absolute Gasteiger partial charge is 0.317 e. The molecule has 0 fully saturated rings. The van der Waals surface area contributed by atoms with Crippen molar-refractivity contribution in [1.29, 1.82) is 0 Å². The Labute approximate surface area is 154 Å². The van der Waals surface area contributed by atoms with E-state index in [1.807, 2.05) is 39.8 Å². The van der Waals surface area contributed by atoms with E-state index in [0.29, 0.717) is 24.7 Å². The van der Waals surface area contributed by atoms with Gasteiger partial charge in [0.15, 0.2) is 12.4 Å². The van der Waals surface area contributed by atoms with E-state index in [0.717, 1.165) is 23.3 Å². The number of urea groups is 1. The average molecular weight is 360 g/mol. The first-order chi connectivity index (χ1) is 12.4. The second-order valence-corrected chi connectivity index (χ2v) is 6.65. The molecule has 26 heavy (non-hydrogen) atoms. The van der Waals surface area contributed by atoms with Crippen molar-refractivity contribution in [3.05, 3.63) is 41.0 Å². The summed E-state index contributed by atoms with van der Waals surface area (Å²) in [5.41, 5.74) is 2.29. The number of hydrogen-bond acceptors (Lipinski definition) is 5. The van der Waals surface area contributed by atoms with Gasteiger partial charge in [-0.2, -0.15) is 4.98 Å². The molecule has 1 atom stereocenters. The summed E-state index contributed by atoms with van der Waals surface area (Å²) in [7, 11) is 1.75. The van der Waals surface area contributed by atoms with Crippen LogP contribution >= 0.6 is 0 Å². The zero-order valence-corrected chi connectivity index (χ0v) is 16.2. The second-order valence-electron chi connectivity index (χ2n) is 6.65. The minimum absolute atomic E-state index is 0.0961. The molecular weight excluding hydrogens is 332 g/mol. The Morgan fingerprint density at radius 1 is 1.31 bits per heavy atom. The van der Waals surface area contributed by atoms with Crippen LogP contribution in [0.5, 0.6) is 5.75 Å². The molecule has 2 amide bonds. The predicted octanol–water partition coefficient (Wildman–Crippen LogP) is 3.25. The first kappa shape index (κ1) is 19.8. The Morgan fingerprint density at radius 3 is 2.65 bits per heavy atom. The van der Waals surface area contributed by atoms with Crippen LogP contribution in [0.4, 0.5) is 4.79 Å². The first-order valence-electron chi connectivity index (χ1n) is 8.91. The van der Waals surface area contributed by atoms with Crippen molar-refractivity contribution in [2.24, 2.45) is 0 Å².